The van der Waals surface area contributed by atoms with E-state index in [9.17, 15) is 9.90 Å². The third kappa shape index (κ3) is 5.22. The molecule has 1 rings (SSSR count). The molecule has 0 bridgehead atoms. The van der Waals surface area contributed by atoms with E-state index >= 15 is 0 Å². The standard InChI is InChI=1S/C15H27NO2Si2/c1-19(2,3)14-10-8-7-9-12(14)11-13(15(17)18)16-20(4,5)6/h7-10,13,16H,11H2,1-6H3,(H,17,18)/t13-/m1/s1. The second-order valence-corrected chi connectivity index (χ2v) is 17.2. The van der Waals surface area contributed by atoms with Crippen molar-refractivity contribution >= 4 is 27.5 Å². The van der Waals surface area contributed by atoms with E-state index in [0.717, 1.165) is 0 Å². The zero-order valence-electron chi connectivity index (χ0n) is 13.4. The van der Waals surface area contributed by atoms with E-state index in [4.69, 9.17) is 0 Å². The van der Waals surface area contributed by atoms with Crippen molar-refractivity contribution in [3.63, 3.8) is 0 Å². The van der Waals surface area contributed by atoms with Crippen LogP contribution in [0.5, 0.6) is 0 Å². The monoisotopic (exact) mass is 309 g/mol. The molecule has 0 saturated carbocycles. The molecule has 0 saturated heterocycles. The Morgan fingerprint density at radius 3 is 2.15 bits per heavy atom. The minimum absolute atomic E-state index is 0.487. The average molecular weight is 310 g/mol. The van der Waals surface area contributed by atoms with Gasteiger partial charge in [0, 0.05) is 0 Å². The second kappa shape index (κ2) is 6.24. The third-order valence-corrected chi connectivity index (χ3v) is 6.47. The van der Waals surface area contributed by atoms with Gasteiger partial charge in [-0.05, 0) is 12.0 Å². The zero-order valence-corrected chi connectivity index (χ0v) is 15.4. The van der Waals surface area contributed by atoms with E-state index < -0.39 is 28.3 Å². The summed E-state index contributed by atoms with van der Waals surface area (Å²) in [6.07, 6.45) is 0.569. The van der Waals surface area contributed by atoms with E-state index in [0.29, 0.717) is 6.42 Å². The fourth-order valence-corrected chi connectivity index (χ4v) is 5.39. The fourth-order valence-electron chi connectivity index (χ4n) is 2.37. The number of carboxylic acids is 1. The zero-order chi connectivity index (χ0) is 15.6. The molecular formula is C15H27NO2Si2. The Kier molecular flexibility index (Phi) is 5.35. The summed E-state index contributed by atoms with van der Waals surface area (Å²) >= 11 is 0. The Labute approximate surface area is 124 Å². The molecule has 2 N–H and O–H groups in total. The molecule has 0 aliphatic heterocycles. The van der Waals surface area contributed by atoms with Gasteiger partial charge in [0.05, 0.1) is 8.07 Å². The van der Waals surface area contributed by atoms with E-state index in [-0.39, 0.29) is 0 Å². The maximum atomic E-state index is 11.5. The molecule has 0 amide bonds. The van der Waals surface area contributed by atoms with Gasteiger partial charge in [0.25, 0.3) is 0 Å². The summed E-state index contributed by atoms with van der Waals surface area (Å²) in [6.45, 7) is 13.3. The van der Waals surface area contributed by atoms with Crippen molar-refractivity contribution in [3.8, 4) is 0 Å². The summed E-state index contributed by atoms with van der Waals surface area (Å²) in [7, 11) is -3.07. The summed E-state index contributed by atoms with van der Waals surface area (Å²) < 4.78 is 0. The van der Waals surface area contributed by atoms with Gasteiger partial charge >= 0.3 is 5.97 Å². The highest BCUT2D eigenvalue weighted by atomic mass is 28.3. The summed E-state index contributed by atoms with van der Waals surface area (Å²) in [6, 6.07) is 7.81. The van der Waals surface area contributed by atoms with Gasteiger partial charge in [-0.25, -0.2) is 0 Å². The van der Waals surface area contributed by atoms with E-state index in [1.54, 1.807) is 0 Å². The van der Waals surface area contributed by atoms with Crippen LogP contribution in [0, 0.1) is 0 Å². The molecule has 1 atom stereocenters. The molecule has 3 nitrogen and oxygen atoms in total. The number of aliphatic carboxylic acids is 1. The Balaban J connectivity index is 3.04. The van der Waals surface area contributed by atoms with E-state index in [1.165, 1.54) is 10.8 Å². The van der Waals surface area contributed by atoms with Crippen LogP contribution in [0.1, 0.15) is 5.56 Å². The minimum atomic E-state index is -1.62. The summed E-state index contributed by atoms with van der Waals surface area (Å²) in [4.78, 5) is 14.9. The van der Waals surface area contributed by atoms with Crippen LogP contribution in [-0.2, 0) is 11.2 Å². The fraction of sp³-hybridized carbons (Fsp3) is 0.533. The van der Waals surface area contributed by atoms with E-state index in [2.05, 4.69) is 62.5 Å². The van der Waals surface area contributed by atoms with Crippen LogP contribution in [0.25, 0.3) is 0 Å². The van der Waals surface area contributed by atoms with Crippen LogP contribution in [-0.4, -0.2) is 33.4 Å². The molecule has 20 heavy (non-hydrogen) atoms. The number of benzene rings is 1. The first-order chi connectivity index (χ1) is 9.00. The summed E-state index contributed by atoms with van der Waals surface area (Å²) in [5.41, 5.74) is 1.19. The minimum Gasteiger partial charge on any atom is -0.480 e. The molecule has 0 fully saturated rings. The Morgan fingerprint density at radius 2 is 1.70 bits per heavy atom. The number of carbonyl (C=O) groups is 1. The second-order valence-electron chi connectivity index (χ2n) is 7.40. The molecular weight excluding hydrogens is 282 g/mol. The van der Waals surface area contributed by atoms with Crippen LogP contribution in [0.3, 0.4) is 0 Å². The molecule has 0 aliphatic carbocycles. The first-order valence-electron chi connectivity index (χ1n) is 7.09. The van der Waals surface area contributed by atoms with Crippen molar-refractivity contribution in [2.75, 3.05) is 0 Å². The number of rotatable bonds is 6. The van der Waals surface area contributed by atoms with Gasteiger partial charge in [-0.3, -0.25) is 4.79 Å². The smallest absolute Gasteiger partial charge is 0.320 e. The molecule has 0 spiro atoms. The highest BCUT2D eigenvalue weighted by molar-refractivity contribution is 6.89. The van der Waals surface area contributed by atoms with Crippen LogP contribution in [0.2, 0.25) is 39.3 Å². The summed E-state index contributed by atoms with van der Waals surface area (Å²) in [5.74, 6) is -0.752. The SMILES string of the molecule is C[Si](C)(C)N[C@H](Cc1ccccc1[Si](C)(C)C)C(=O)O. The van der Waals surface area contributed by atoms with Gasteiger partial charge in [-0.15, -0.1) is 0 Å². The molecule has 0 radical (unpaired) electrons. The highest BCUT2D eigenvalue weighted by Gasteiger charge is 2.27. The molecule has 0 unspecified atom stereocenters. The van der Waals surface area contributed by atoms with Gasteiger partial charge in [-0.2, -0.15) is 0 Å². The largest absolute Gasteiger partial charge is 0.480 e. The molecule has 0 heterocycles. The van der Waals surface area contributed by atoms with Gasteiger partial charge < -0.3 is 10.1 Å². The molecule has 112 valence electrons. The lowest BCUT2D eigenvalue weighted by Crippen LogP contribution is -2.53. The quantitative estimate of drug-likeness (QED) is 0.794. The maximum Gasteiger partial charge on any atom is 0.320 e. The van der Waals surface area contributed by atoms with Crippen molar-refractivity contribution in [2.45, 2.75) is 51.7 Å². The maximum absolute atomic E-state index is 11.5. The first kappa shape index (κ1) is 17.1. The number of hydrogen-bond donors (Lipinski definition) is 2. The average Bonchev–Trinajstić information content (AvgIpc) is 2.25. The Hall–Kier alpha value is -0.916. The number of carboxylic acid groups (broad SMARTS) is 1. The normalized spacial score (nSPS) is 14.1. The molecule has 5 heteroatoms. The molecule has 0 aromatic heterocycles. The third-order valence-electron chi connectivity index (χ3n) is 3.15. The molecule has 1 aromatic rings. The highest BCUT2D eigenvalue weighted by Crippen LogP contribution is 2.11. The van der Waals surface area contributed by atoms with Crippen molar-refractivity contribution in [1.29, 1.82) is 0 Å². The molecule has 1 aromatic carbocycles. The molecule has 0 aliphatic rings. The van der Waals surface area contributed by atoms with Crippen molar-refractivity contribution < 1.29 is 9.90 Å². The first-order valence-corrected chi connectivity index (χ1v) is 14.1. The van der Waals surface area contributed by atoms with Crippen LogP contribution < -0.4 is 10.2 Å². The van der Waals surface area contributed by atoms with Crippen LogP contribution in [0.4, 0.5) is 0 Å². The lowest BCUT2D eigenvalue weighted by molar-refractivity contribution is -0.139. The lowest BCUT2D eigenvalue weighted by Gasteiger charge is -2.27. The predicted octanol–water partition coefficient (Wildman–Crippen LogP) is 2.65. The van der Waals surface area contributed by atoms with Gasteiger partial charge in [0.15, 0.2) is 0 Å². The number of hydrogen-bond acceptors (Lipinski definition) is 2. The Morgan fingerprint density at radius 1 is 1.15 bits per heavy atom. The van der Waals surface area contributed by atoms with Crippen LogP contribution in [0.15, 0.2) is 24.3 Å². The van der Waals surface area contributed by atoms with Gasteiger partial charge in [-0.1, -0.05) is 68.7 Å². The van der Waals surface area contributed by atoms with E-state index in [1.807, 2.05) is 6.07 Å². The van der Waals surface area contributed by atoms with Crippen molar-refractivity contribution in [1.82, 2.24) is 4.98 Å². The predicted molar refractivity (Wildman–Crippen MR) is 91.0 cm³/mol. The number of nitrogens with one attached hydrogen (secondary N) is 1. The summed E-state index contributed by atoms with van der Waals surface area (Å²) in [5, 5.41) is 10.8. The van der Waals surface area contributed by atoms with Crippen molar-refractivity contribution in [2.24, 2.45) is 0 Å². The van der Waals surface area contributed by atoms with Gasteiger partial charge in [0.2, 0.25) is 0 Å². The topological polar surface area (TPSA) is 49.3 Å². The van der Waals surface area contributed by atoms with Crippen LogP contribution >= 0.6 is 0 Å². The van der Waals surface area contributed by atoms with Crippen molar-refractivity contribution in [3.05, 3.63) is 29.8 Å². The van der Waals surface area contributed by atoms with Gasteiger partial charge in [0.1, 0.15) is 14.3 Å². The lowest BCUT2D eigenvalue weighted by atomic mass is 10.1. The Bertz CT molecular complexity index is 475.